The van der Waals surface area contributed by atoms with Crippen LogP contribution in [0.1, 0.15) is 43.9 Å². The second-order valence-electron chi connectivity index (χ2n) is 12.2. The number of benzene rings is 2. The van der Waals surface area contributed by atoms with E-state index in [4.69, 9.17) is 9.47 Å². The summed E-state index contributed by atoms with van der Waals surface area (Å²) in [4.78, 5) is 26.1. The molecule has 0 radical (unpaired) electrons. The molecule has 2 aromatic carbocycles. The number of carbonyl (C=O) groups excluding carboxylic acids is 1. The minimum Gasteiger partial charge on any atom is -0.444 e. The Morgan fingerprint density at radius 1 is 1.21 bits per heavy atom. The van der Waals surface area contributed by atoms with E-state index in [1.165, 1.54) is 12.1 Å². The van der Waals surface area contributed by atoms with Crippen LogP contribution in [0.4, 0.5) is 24.5 Å². The Bertz CT molecular complexity index is 1850. The van der Waals surface area contributed by atoms with Gasteiger partial charge in [-0.2, -0.15) is 5.26 Å². The van der Waals surface area contributed by atoms with Gasteiger partial charge in [-0.05, 0) is 57.5 Å². The van der Waals surface area contributed by atoms with E-state index in [9.17, 15) is 10.1 Å². The smallest absolute Gasteiger partial charge is 0.412 e. The number of thiophene rings is 1. The highest BCUT2D eigenvalue weighted by atomic mass is 32.1. The average Bonchev–Trinajstić information content (AvgIpc) is 3.52. The Labute approximate surface area is 244 Å². The largest absolute Gasteiger partial charge is 0.444 e. The molecule has 0 aliphatic carbocycles. The number of hydrogen-bond acceptors (Lipinski definition) is 9. The Morgan fingerprint density at radius 3 is 2.64 bits per heavy atom. The number of hydrogen-bond donors (Lipinski definition) is 1. The van der Waals surface area contributed by atoms with Crippen molar-refractivity contribution in [3.8, 4) is 17.2 Å². The molecule has 7 rings (SSSR count). The molecule has 0 atom stereocenters. The van der Waals surface area contributed by atoms with Gasteiger partial charge >= 0.3 is 6.09 Å². The van der Waals surface area contributed by atoms with Gasteiger partial charge in [0.05, 0.1) is 24.3 Å². The molecule has 1 amide bonds. The van der Waals surface area contributed by atoms with Gasteiger partial charge in [-0.1, -0.05) is 0 Å². The molecule has 4 aromatic rings. The fraction of sp³-hybridized carbons (Fsp3) is 0.400. The van der Waals surface area contributed by atoms with Crippen molar-refractivity contribution in [1.82, 2.24) is 14.9 Å². The van der Waals surface area contributed by atoms with Gasteiger partial charge in [0.1, 0.15) is 28.0 Å². The zero-order valence-corrected chi connectivity index (χ0v) is 24.4. The van der Waals surface area contributed by atoms with Crippen molar-refractivity contribution in [1.29, 1.82) is 5.26 Å². The zero-order valence-electron chi connectivity index (χ0n) is 23.6. The van der Waals surface area contributed by atoms with Gasteiger partial charge in [0.25, 0.3) is 0 Å². The summed E-state index contributed by atoms with van der Waals surface area (Å²) in [5.41, 5.74) is 0.635. The number of carbonyl (C=O) groups is 1. The number of fused-ring (bicyclic) bond motifs is 4. The molecule has 0 unspecified atom stereocenters. The minimum atomic E-state index is -0.759. The summed E-state index contributed by atoms with van der Waals surface area (Å²) in [5, 5.41) is 13.7. The maximum absolute atomic E-state index is 16.7. The molecule has 216 valence electrons. The lowest BCUT2D eigenvalue weighted by molar-refractivity contribution is -0.0135. The van der Waals surface area contributed by atoms with E-state index in [-0.39, 0.29) is 51.3 Å². The second kappa shape index (κ2) is 9.29. The number of aromatic nitrogens is 2. The van der Waals surface area contributed by atoms with Crippen LogP contribution in [0.5, 0.6) is 0 Å². The molecular weight excluding hydrogens is 562 g/mol. The predicted octanol–water partition coefficient (Wildman–Crippen LogP) is 5.93. The molecule has 2 aromatic heterocycles. The van der Waals surface area contributed by atoms with Crippen molar-refractivity contribution in [3.05, 3.63) is 46.7 Å². The number of likely N-dealkylation sites (N-methyl/N-ethyl adjacent to an activating group) is 1. The molecule has 3 aliphatic heterocycles. The molecule has 0 saturated carbocycles. The van der Waals surface area contributed by atoms with Gasteiger partial charge in [0.15, 0.2) is 5.82 Å². The summed E-state index contributed by atoms with van der Waals surface area (Å²) in [6.45, 7) is 8.03. The maximum Gasteiger partial charge on any atom is 0.412 e. The van der Waals surface area contributed by atoms with E-state index >= 15 is 8.78 Å². The molecule has 9 nitrogen and oxygen atoms in total. The first-order chi connectivity index (χ1) is 20.0. The fourth-order valence-corrected chi connectivity index (χ4v) is 7.22. The lowest BCUT2D eigenvalue weighted by Gasteiger charge is -2.61. The van der Waals surface area contributed by atoms with Crippen LogP contribution >= 0.6 is 11.3 Å². The average molecular weight is 591 g/mol. The summed E-state index contributed by atoms with van der Waals surface area (Å²) < 4.78 is 44.1. The molecule has 2 saturated heterocycles. The first kappa shape index (κ1) is 26.9. The number of anilines is 2. The van der Waals surface area contributed by atoms with Gasteiger partial charge in [-0.25, -0.2) is 23.5 Å². The van der Waals surface area contributed by atoms with Gasteiger partial charge in [0, 0.05) is 52.4 Å². The van der Waals surface area contributed by atoms with Gasteiger partial charge in [0.2, 0.25) is 5.95 Å². The molecule has 0 bridgehead atoms. The lowest BCUT2D eigenvalue weighted by atomic mass is 9.78. The van der Waals surface area contributed by atoms with Gasteiger partial charge in [-0.3, -0.25) is 10.2 Å². The number of rotatable bonds is 3. The molecular formula is C30H28F2N6O3S. The van der Waals surface area contributed by atoms with E-state index in [2.05, 4.69) is 33.3 Å². The van der Waals surface area contributed by atoms with Crippen molar-refractivity contribution in [2.24, 2.45) is 0 Å². The third kappa shape index (κ3) is 4.02. The third-order valence-electron chi connectivity index (χ3n) is 8.44. The van der Waals surface area contributed by atoms with Crippen LogP contribution in [0.15, 0.2) is 18.3 Å². The number of likely N-dealkylation sites (tertiary alicyclic amines) is 1. The van der Waals surface area contributed by atoms with E-state index in [0.717, 1.165) is 37.4 Å². The van der Waals surface area contributed by atoms with Crippen molar-refractivity contribution < 1.29 is 23.0 Å². The topological polar surface area (TPSA) is 104 Å². The number of nitrogens with zero attached hydrogens (tertiary/aromatic N) is 5. The Kier molecular flexibility index (Phi) is 5.96. The number of halogens is 2. The summed E-state index contributed by atoms with van der Waals surface area (Å²) in [6.07, 6.45) is 1.98. The molecule has 3 aliphatic rings. The van der Waals surface area contributed by atoms with E-state index in [1.54, 1.807) is 27.0 Å². The van der Waals surface area contributed by atoms with Crippen molar-refractivity contribution >= 4 is 49.4 Å². The Morgan fingerprint density at radius 2 is 1.98 bits per heavy atom. The van der Waals surface area contributed by atoms with Crippen LogP contribution in [0.3, 0.4) is 0 Å². The lowest BCUT2D eigenvalue weighted by Crippen LogP contribution is -2.76. The number of nitriles is 1. The number of nitrogens with one attached hydrogen (secondary N) is 1. The van der Waals surface area contributed by atoms with Gasteiger partial charge in [-0.15, -0.1) is 11.3 Å². The third-order valence-corrected chi connectivity index (χ3v) is 9.51. The second-order valence-corrected chi connectivity index (χ2v) is 13.2. The van der Waals surface area contributed by atoms with Crippen LogP contribution in [0, 0.1) is 23.0 Å². The summed E-state index contributed by atoms with van der Waals surface area (Å²) in [5.74, 6) is -0.968. The highest BCUT2D eigenvalue weighted by Gasteiger charge is 2.52. The first-order valence-corrected chi connectivity index (χ1v) is 14.5. The van der Waals surface area contributed by atoms with E-state index in [1.807, 2.05) is 4.90 Å². The van der Waals surface area contributed by atoms with E-state index in [0.29, 0.717) is 27.2 Å². The Hall–Kier alpha value is -3.92. The van der Waals surface area contributed by atoms with Crippen LogP contribution in [-0.4, -0.2) is 58.8 Å². The van der Waals surface area contributed by atoms with Gasteiger partial charge < -0.3 is 14.4 Å². The SMILES string of the molecule is CN1CCC12CN(c1ncc3c4c(c(-c5c(F)ccc6sc(NC(=O)OC(C)(C)C)c(C#N)c56)c(F)c3n1)COC4)C2. The van der Waals surface area contributed by atoms with Crippen LogP contribution in [0.2, 0.25) is 0 Å². The van der Waals surface area contributed by atoms with Crippen LogP contribution < -0.4 is 10.2 Å². The normalized spacial score (nSPS) is 17.7. The quantitative estimate of drug-likeness (QED) is 0.313. The molecule has 1 spiro atoms. The highest BCUT2D eigenvalue weighted by molar-refractivity contribution is 7.23. The summed E-state index contributed by atoms with van der Waals surface area (Å²) in [7, 11) is 2.10. The van der Waals surface area contributed by atoms with Crippen molar-refractivity contribution in [3.63, 3.8) is 0 Å². The monoisotopic (exact) mass is 590 g/mol. The van der Waals surface area contributed by atoms with Crippen LogP contribution in [-0.2, 0) is 22.7 Å². The molecule has 1 N–H and O–H groups in total. The number of amides is 1. The number of ether oxygens (including phenoxy) is 2. The molecule has 12 heteroatoms. The molecule has 42 heavy (non-hydrogen) atoms. The predicted molar refractivity (Wildman–Crippen MR) is 156 cm³/mol. The maximum atomic E-state index is 16.7. The zero-order chi connectivity index (χ0) is 29.6. The highest BCUT2D eigenvalue weighted by Crippen LogP contribution is 2.47. The summed E-state index contributed by atoms with van der Waals surface area (Å²) in [6, 6.07) is 4.86. The fourth-order valence-electron chi connectivity index (χ4n) is 6.18. The standard InChI is InChI=1S/C30H28F2N6O3S/c1-29(2,3)41-28(39)36-26-15(9-33)21-20(42-26)6-5-19(31)23(21)22-18-12-40-11-17(18)16-10-34-27(35-25(16)24(22)32)38-13-30(14-38)7-8-37(30)4/h5-6,10H,7-8,11-14H2,1-4H3,(H,36,39). The Balaban J connectivity index is 1.39. The van der Waals surface area contributed by atoms with Crippen molar-refractivity contribution in [2.75, 3.05) is 36.9 Å². The molecule has 5 heterocycles. The minimum absolute atomic E-state index is 0.0136. The van der Waals surface area contributed by atoms with Crippen LogP contribution in [0.25, 0.3) is 32.1 Å². The van der Waals surface area contributed by atoms with Crippen molar-refractivity contribution in [2.45, 2.75) is 51.5 Å². The molecule has 2 fully saturated rings. The summed E-state index contributed by atoms with van der Waals surface area (Å²) >= 11 is 1.10. The first-order valence-electron chi connectivity index (χ1n) is 13.7. The van der Waals surface area contributed by atoms with E-state index < -0.39 is 23.3 Å².